The maximum atomic E-state index is 12.9. The molecule has 2 aromatic rings. The zero-order valence-electron chi connectivity index (χ0n) is 26.7. The van der Waals surface area contributed by atoms with E-state index < -0.39 is 23.3 Å². The molecule has 41 heavy (non-hydrogen) atoms. The molecule has 4 rings (SSSR count). The summed E-state index contributed by atoms with van der Waals surface area (Å²) in [4.78, 5) is 32.9. The SMILES string of the molecule is CC(C)[Si]1(C(C)C)OC[C@H]2O[C@@H](n3cnc4c(=O)[nH]c(/N=C/N(C)C)nc43)[C@H](N(C)C)[C@@H]2O[Si](C(C)C)(C(C)C)O1. The van der Waals surface area contributed by atoms with Crippen LogP contribution in [0.1, 0.15) is 61.6 Å². The average molecular weight is 608 g/mol. The van der Waals surface area contributed by atoms with Gasteiger partial charge in [0.1, 0.15) is 6.10 Å². The van der Waals surface area contributed by atoms with Crippen molar-refractivity contribution in [1.29, 1.82) is 0 Å². The van der Waals surface area contributed by atoms with Crippen LogP contribution in [0.4, 0.5) is 5.95 Å². The van der Waals surface area contributed by atoms with Gasteiger partial charge in [0.15, 0.2) is 17.4 Å². The van der Waals surface area contributed by atoms with E-state index in [0.717, 1.165) is 0 Å². The Kier molecular flexibility index (Phi) is 9.34. The van der Waals surface area contributed by atoms with Crippen LogP contribution < -0.4 is 5.56 Å². The van der Waals surface area contributed by atoms with Gasteiger partial charge in [-0.05, 0) is 36.3 Å². The van der Waals surface area contributed by atoms with Gasteiger partial charge in [0.05, 0.1) is 31.4 Å². The molecule has 0 saturated carbocycles. The molecule has 2 fully saturated rings. The van der Waals surface area contributed by atoms with Crippen LogP contribution in [-0.4, -0.2) is 106 Å². The third kappa shape index (κ3) is 5.71. The fourth-order valence-corrected chi connectivity index (χ4v) is 17.5. The maximum Gasteiger partial charge on any atom is 0.335 e. The number of aromatic amines is 1. The van der Waals surface area contributed by atoms with Crippen LogP contribution in [-0.2, 0) is 17.7 Å². The highest BCUT2D eigenvalue weighted by molar-refractivity contribution is 6.84. The number of fused-ring (bicyclic) bond motifs is 2. The van der Waals surface area contributed by atoms with Gasteiger partial charge in [-0.2, -0.15) is 4.98 Å². The number of nitrogens with zero attached hydrogens (tertiary/aromatic N) is 6. The fraction of sp³-hybridized carbons (Fsp3) is 0.778. The van der Waals surface area contributed by atoms with Crippen LogP contribution in [0, 0.1) is 0 Å². The van der Waals surface area contributed by atoms with Crippen molar-refractivity contribution in [2.75, 3.05) is 34.8 Å². The zero-order chi connectivity index (χ0) is 30.4. The highest BCUT2D eigenvalue weighted by atomic mass is 28.5. The summed E-state index contributed by atoms with van der Waals surface area (Å²) in [7, 11) is 2.19. The second-order valence-electron chi connectivity index (χ2n) is 13.0. The molecule has 0 unspecified atom stereocenters. The summed E-state index contributed by atoms with van der Waals surface area (Å²) in [6.07, 6.45) is 2.04. The summed E-state index contributed by atoms with van der Waals surface area (Å²) >= 11 is 0. The van der Waals surface area contributed by atoms with E-state index in [2.05, 4.69) is 80.2 Å². The zero-order valence-corrected chi connectivity index (χ0v) is 28.7. The topological polar surface area (TPSA) is 119 Å². The van der Waals surface area contributed by atoms with Crippen LogP contribution in [0.2, 0.25) is 22.2 Å². The number of aliphatic imine (C=N–C) groups is 1. The molecule has 12 nitrogen and oxygen atoms in total. The molecule has 2 aliphatic rings. The Bertz CT molecular complexity index is 1280. The fourth-order valence-electron chi connectivity index (χ4n) is 6.25. The molecule has 2 aromatic heterocycles. The summed E-state index contributed by atoms with van der Waals surface area (Å²) in [5.74, 6) is 0.201. The number of nitrogens with one attached hydrogen (secondary N) is 1. The van der Waals surface area contributed by atoms with Gasteiger partial charge in [-0.15, -0.1) is 0 Å². The number of imidazole rings is 1. The molecule has 0 aromatic carbocycles. The largest absolute Gasteiger partial charge is 0.414 e. The predicted octanol–water partition coefficient (Wildman–Crippen LogP) is 4.13. The van der Waals surface area contributed by atoms with E-state index >= 15 is 0 Å². The number of ether oxygens (including phenoxy) is 1. The van der Waals surface area contributed by atoms with Gasteiger partial charge in [0.2, 0.25) is 5.95 Å². The number of aromatic nitrogens is 4. The van der Waals surface area contributed by atoms with Crippen LogP contribution >= 0.6 is 0 Å². The highest BCUT2D eigenvalue weighted by Gasteiger charge is 2.62. The van der Waals surface area contributed by atoms with Crippen molar-refractivity contribution in [3.05, 3.63) is 16.7 Å². The Morgan fingerprint density at radius 2 is 1.63 bits per heavy atom. The third-order valence-electron chi connectivity index (χ3n) is 8.34. The van der Waals surface area contributed by atoms with Crippen LogP contribution in [0.5, 0.6) is 0 Å². The molecule has 0 spiro atoms. The molecule has 230 valence electrons. The van der Waals surface area contributed by atoms with Gasteiger partial charge >= 0.3 is 17.1 Å². The Morgan fingerprint density at radius 3 is 2.17 bits per heavy atom. The minimum absolute atomic E-state index is 0.197. The van der Waals surface area contributed by atoms with E-state index in [4.69, 9.17) is 17.7 Å². The third-order valence-corrected chi connectivity index (χ3v) is 18.6. The van der Waals surface area contributed by atoms with Crippen molar-refractivity contribution in [3.8, 4) is 0 Å². The van der Waals surface area contributed by atoms with Gasteiger partial charge in [0, 0.05) is 14.1 Å². The van der Waals surface area contributed by atoms with Crippen LogP contribution in [0.15, 0.2) is 16.1 Å². The molecular weight excluding hydrogens is 559 g/mol. The summed E-state index contributed by atoms with van der Waals surface area (Å²) in [5, 5.41) is 0. The standard InChI is InChI=1S/C27H49N7O5Si2/c1-16(2)40(17(3)4)36-13-20-23(38-41(39-40,18(5)6)19(7)8)22(33(11)12)26(37-20)34-15-28-21-24(34)30-27(31-25(21)35)29-14-32(9)10/h14-20,22-23,26H,13H2,1-12H3,(H,30,31,35)/b29-14+/t20-,22-,23-,26-/m1/s1. The molecule has 0 radical (unpaired) electrons. The van der Waals surface area contributed by atoms with Gasteiger partial charge in [-0.3, -0.25) is 19.2 Å². The van der Waals surface area contributed by atoms with E-state index in [9.17, 15) is 4.79 Å². The summed E-state index contributed by atoms with van der Waals surface area (Å²) in [6, 6.07) is -0.212. The van der Waals surface area contributed by atoms with Crippen LogP contribution in [0.25, 0.3) is 11.2 Å². The van der Waals surface area contributed by atoms with Gasteiger partial charge in [-0.25, -0.2) is 9.98 Å². The quantitative estimate of drug-likeness (QED) is 0.268. The monoisotopic (exact) mass is 607 g/mol. The van der Waals surface area contributed by atoms with Crippen molar-refractivity contribution in [1.82, 2.24) is 29.3 Å². The van der Waals surface area contributed by atoms with Crippen molar-refractivity contribution in [2.45, 2.75) is 102 Å². The number of hydrogen-bond donors (Lipinski definition) is 1. The van der Waals surface area contributed by atoms with E-state index in [-0.39, 0.29) is 57.4 Å². The summed E-state index contributed by atoms with van der Waals surface area (Å²) in [6.45, 7) is 18.1. The second kappa shape index (κ2) is 12.0. The normalized spacial score (nSPS) is 26.6. The number of likely N-dealkylation sites (N-methyl/N-ethyl adjacent to an activating group) is 1. The van der Waals surface area contributed by atoms with Crippen molar-refractivity contribution in [2.24, 2.45) is 4.99 Å². The molecule has 1 N–H and O–H groups in total. The van der Waals surface area contributed by atoms with Crippen molar-refractivity contribution in [3.63, 3.8) is 0 Å². The predicted molar refractivity (Wildman–Crippen MR) is 165 cm³/mol. The molecule has 4 atom stereocenters. The van der Waals surface area contributed by atoms with Gasteiger partial charge in [-0.1, -0.05) is 55.4 Å². The first kappa shape index (κ1) is 32.0. The average Bonchev–Trinajstić information content (AvgIpc) is 3.43. The summed E-state index contributed by atoms with van der Waals surface area (Å²) < 4.78 is 30.4. The lowest BCUT2D eigenvalue weighted by Gasteiger charge is -2.51. The molecule has 0 amide bonds. The molecule has 14 heteroatoms. The number of rotatable bonds is 8. The maximum absolute atomic E-state index is 12.9. The highest BCUT2D eigenvalue weighted by Crippen LogP contribution is 2.49. The van der Waals surface area contributed by atoms with Crippen molar-refractivity contribution < 1.29 is 17.7 Å². The Morgan fingerprint density at radius 1 is 1.02 bits per heavy atom. The lowest BCUT2D eigenvalue weighted by molar-refractivity contribution is -0.0552. The minimum atomic E-state index is -2.85. The van der Waals surface area contributed by atoms with Gasteiger partial charge < -0.3 is 22.6 Å². The first-order chi connectivity index (χ1) is 19.1. The first-order valence-corrected chi connectivity index (χ1v) is 18.6. The Hall–Kier alpha value is -1.95. The second-order valence-corrected chi connectivity index (χ2v) is 21.8. The molecular formula is C27H49N7O5Si2. The van der Waals surface area contributed by atoms with E-state index in [0.29, 0.717) is 12.3 Å². The molecule has 2 saturated heterocycles. The van der Waals surface area contributed by atoms with Crippen molar-refractivity contribution >= 4 is 40.6 Å². The lowest BCUT2D eigenvalue weighted by Crippen LogP contribution is -2.66. The number of H-pyrrole nitrogens is 1. The Labute approximate surface area is 245 Å². The first-order valence-electron chi connectivity index (χ1n) is 14.7. The van der Waals surface area contributed by atoms with Crippen LogP contribution in [0.3, 0.4) is 0 Å². The number of hydrogen-bond acceptors (Lipinski definition) is 9. The lowest BCUT2D eigenvalue weighted by atomic mass is 10.1. The Balaban J connectivity index is 1.85. The van der Waals surface area contributed by atoms with Gasteiger partial charge in [0.25, 0.3) is 5.56 Å². The molecule has 0 bridgehead atoms. The molecule has 4 heterocycles. The summed E-state index contributed by atoms with van der Waals surface area (Å²) in [5.41, 5.74) is 1.16. The van der Waals surface area contributed by atoms with E-state index in [1.807, 2.05) is 32.8 Å². The smallest absolute Gasteiger partial charge is 0.335 e. The molecule has 2 aliphatic heterocycles. The van der Waals surface area contributed by atoms with E-state index in [1.165, 1.54) is 0 Å². The minimum Gasteiger partial charge on any atom is -0.414 e. The van der Waals surface area contributed by atoms with E-state index in [1.54, 1.807) is 17.6 Å². The molecule has 0 aliphatic carbocycles.